The van der Waals surface area contributed by atoms with Gasteiger partial charge in [-0.1, -0.05) is 0 Å². The third-order valence-electron chi connectivity index (χ3n) is 0.825. The van der Waals surface area contributed by atoms with Gasteiger partial charge in [-0.25, -0.2) is 0 Å². The molecule has 0 aliphatic rings. The quantitative estimate of drug-likeness (QED) is 0.357. The zero-order chi connectivity index (χ0) is 6.57. The monoisotopic (exact) mass is 135 g/mol. The molecule has 0 saturated carbocycles. The van der Waals surface area contributed by atoms with Gasteiger partial charge in [0.15, 0.2) is 0 Å². The van der Waals surface area contributed by atoms with Crippen LogP contribution >= 0.6 is 0 Å². The zero-order valence-electron chi connectivity index (χ0n) is 5.84. The van der Waals surface area contributed by atoms with E-state index >= 15 is 0 Å². The minimum absolute atomic E-state index is 0.151. The molecular weight excluding hydrogens is 122 g/mol. The van der Waals surface area contributed by atoms with Crippen LogP contribution in [0.25, 0.3) is 0 Å². The lowest BCUT2D eigenvalue weighted by molar-refractivity contribution is -0.159. The molecule has 0 heterocycles. The molecule has 0 aliphatic heterocycles. The van der Waals surface area contributed by atoms with Crippen molar-refractivity contribution >= 4 is 10.4 Å². The molecule has 0 aromatic rings. The lowest BCUT2D eigenvalue weighted by Crippen LogP contribution is -2.32. The molecule has 8 heavy (non-hydrogen) atoms. The zero-order valence-corrected chi connectivity index (χ0v) is 7.84. The summed E-state index contributed by atoms with van der Waals surface area (Å²) in [4.78, 5) is 0. The average molecular weight is 135 g/mol. The van der Waals surface area contributed by atoms with Crippen LogP contribution < -0.4 is 0 Å². The van der Waals surface area contributed by atoms with Crippen molar-refractivity contribution in [1.82, 2.24) is 4.57 Å². The smallest absolute Gasteiger partial charge is 0.211 e. The van der Waals surface area contributed by atoms with E-state index in [9.17, 15) is 0 Å². The second-order valence-corrected chi connectivity index (χ2v) is 3.15. The highest BCUT2D eigenvalue weighted by atomic mass is 28.2. The minimum Gasteiger partial charge on any atom is -0.344 e. The van der Waals surface area contributed by atoms with Gasteiger partial charge in [0.25, 0.3) is 0 Å². The Hall–Kier alpha value is 0.0969. The Morgan fingerprint density at radius 2 is 1.75 bits per heavy atom. The first-order valence-corrected chi connectivity index (χ1v) is 3.33. The second kappa shape index (κ2) is 4.02. The Bertz CT molecular complexity index is 56.0. The van der Waals surface area contributed by atoms with E-state index in [1.165, 1.54) is 0 Å². The van der Waals surface area contributed by atoms with Crippen molar-refractivity contribution in [2.45, 2.75) is 6.41 Å². The summed E-state index contributed by atoms with van der Waals surface area (Å²) in [6.07, 6.45) is -0.151. The Morgan fingerprint density at radius 1 is 1.38 bits per heavy atom. The van der Waals surface area contributed by atoms with Crippen molar-refractivity contribution in [2.75, 3.05) is 21.3 Å². The van der Waals surface area contributed by atoms with Crippen molar-refractivity contribution in [2.24, 2.45) is 0 Å². The number of rotatable bonds is 3. The van der Waals surface area contributed by atoms with Gasteiger partial charge in [-0.3, -0.25) is 4.57 Å². The van der Waals surface area contributed by atoms with Crippen LogP contribution in [0.1, 0.15) is 0 Å². The van der Waals surface area contributed by atoms with Crippen LogP contribution in [0.5, 0.6) is 0 Å². The summed E-state index contributed by atoms with van der Waals surface area (Å²) in [6.45, 7) is 0. The van der Waals surface area contributed by atoms with Gasteiger partial charge >= 0.3 is 0 Å². The Labute approximate surface area is 53.1 Å². The van der Waals surface area contributed by atoms with Gasteiger partial charge in [-0.15, -0.1) is 0 Å². The Morgan fingerprint density at radius 3 is 1.75 bits per heavy atom. The van der Waals surface area contributed by atoms with Crippen LogP contribution in [0.15, 0.2) is 0 Å². The Balaban J connectivity index is 3.35. The molecule has 0 aliphatic carbocycles. The van der Waals surface area contributed by atoms with Crippen LogP contribution in [-0.2, 0) is 9.47 Å². The number of ether oxygens (including phenoxy) is 2. The van der Waals surface area contributed by atoms with Gasteiger partial charge in [0, 0.05) is 14.2 Å². The largest absolute Gasteiger partial charge is 0.344 e. The molecule has 4 heteroatoms. The van der Waals surface area contributed by atoms with E-state index in [0.717, 1.165) is 10.4 Å². The summed E-state index contributed by atoms with van der Waals surface area (Å²) in [5.41, 5.74) is 0. The molecule has 0 unspecified atom stereocenters. The van der Waals surface area contributed by atoms with Gasteiger partial charge < -0.3 is 9.47 Å². The molecule has 0 radical (unpaired) electrons. The van der Waals surface area contributed by atoms with E-state index in [-0.39, 0.29) is 6.41 Å². The van der Waals surface area contributed by atoms with Gasteiger partial charge in [-0.2, -0.15) is 0 Å². The van der Waals surface area contributed by atoms with Crippen LogP contribution in [-0.4, -0.2) is 42.7 Å². The number of hydrogen-bond acceptors (Lipinski definition) is 3. The molecule has 0 saturated heterocycles. The van der Waals surface area contributed by atoms with E-state index in [1.54, 1.807) is 14.2 Å². The molecule has 0 aromatic heterocycles. The lowest BCUT2D eigenvalue weighted by atomic mass is 11.0. The summed E-state index contributed by atoms with van der Waals surface area (Å²) < 4.78 is 11.8. The van der Waals surface area contributed by atoms with Crippen molar-refractivity contribution in [3.63, 3.8) is 0 Å². The van der Waals surface area contributed by atoms with Crippen molar-refractivity contribution in [1.29, 1.82) is 0 Å². The minimum atomic E-state index is -0.151. The van der Waals surface area contributed by atoms with Crippen molar-refractivity contribution in [3.05, 3.63) is 0 Å². The van der Waals surface area contributed by atoms with Crippen LogP contribution in [0, 0.1) is 0 Å². The summed E-state index contributed by atoms with van der Waals surface area (Å²) in [5.74, 6) is 0. The predicted octanol–water partition coefficient (Wildman–Crippen LogP) is -1.23. The molecular formula is C4H13NO2Si. The highest BCUT2D eigenvalue weighted by Crippen LogP contribution is 1.90. The van der Waals surface area contributed by atoms with Crippen LogP contribution in [0.4, 0.5) is 0 Å². The Kier molecular flexibility index (Phi) is 4.07. The number of methoxy groups -OCH3 is 2. The standard InChI is InChI=1S/C4H13NO2Si/c1-5(8)4(6-2)7-3/h4H,1-3,8H3. The summed E-state index contributed by atoms with van der Waals surface area (Å²) in [7, 11) is 6.16. The lowest BCUT2D eigenvalue weighted by Gasteiger charge is -2.20. The first-order chi connectivity index (χ1) is 3.72. The van der Waals surface area contributed by atoms with Gasteiger partial charge in [0.05, 0.1) is 10.4 Å². The van der Waals surface area contributed by atoms with E-state index in [1.807, 2.05) is 11.6 Å². The first kappa shape index (κ1) is 8.10. The summed E-state index contributed by atoms with van der Waals surface area (Å²) in [5, 5.41) is 0. The summed E-state index contributed by atoms with van der Waals surface area (Å²) >= 11 is 0. The van der Waals surface area contributed by atoms with Crippen LogP contribution in [0.2, 0.25) is 0 Å². The summed E-state index contributed by atoms with van der Waals surface area (Å²) in [6, 6.07) is 0. The fourth-order valence-electron chi connectivity index (χ4n) is 0.518. The molecule has 0 aromatic carbocycles. The fraction of sp³-hybridized carbons (Fsp3) is 1.00. The molecule has 0 rings (SSSR count). The van der Waals surface area contributed by atoms with E-state index < -0.39 is 0 Å². The maximum atomic E-state index is 4.90. The fourth-order valence-corrected chi connectivity index (χ4v) is 0.939. The molecule has 0 N–H and O–H groups in total. The topological polar surface area (TPSA) is 21.7 Å². The predicted molar refractivity (Wildman–Crippen MR) is 35.5 cm³/mol. The van der Waals surface area contributed by atoms with Crippen molar-refractivity contribution in [3.8, 4) is 0 Å². The SMILES string of the molecule is COC(OC)N(C)[SiH3]. The third kappa shape index (κ3) is 2.42. The van der Waals surface area contributed by atoms with Crippen LogP contribution in [0.3, 0.4) is 0 Å². The molecule has 0 fully saturated rings. The maximum absolute atomic E-state index is 4.90. The molecule has 0 atom stereocenters. The molecule has 0 amide bonds. The van der Waals surface area contributed by atoms with Gasteiger partial charge in [0.2, 0.25) is 6.41 Å². The van der Waals surface area contributed by atoms with E-state index in [2.05, 4.69) is 0 Å². The number of hydrogen-bond donors (Lipinski definition) is 0. The molecule has 0 bridgehead atoms. The van der Waals surface area contributed by atoms with E-state index in [0.29, 0.717) is 0 Å². The van der Waals surface area contributed by atoms with E-state index in [4.69, 9.17) is 9.47 Å². The highest BCUT2D eigenvalue weighted by molar-refractivity contribution is 6.04. The second-order valence-electron chi connectivity index (χ2n) is 1.74. The van der Waals surface area contributed by atoms with Gasteiger partial charge in [0.1, 0.15) is 0 Å². The highest BCUT2D eigenvalue weighted by Gasteiger charge is 2.04. The molecule has 3 nitrogen and oxygen atoms in total. The normalized spacial score (nSPS) is 11.6. The third-order valence-corrected chi connectivity index (χ3v) is 1.25. The molecule has 0 spiro atoms. The van der Waals surface area contributed by atoms with Crippen molar-refractivity contribution < 1.29 is 9.47 Å². The first-order valence-electron chi connectivity index (χ1n) is 2.44. The van der Waals surface area contributed by atoms with Gasteiger partial charge in [-0.05, 0) is 7.05 Å². The maximum Gasteiger partial charge on any atom is 0.211 e. The molecule has 50 valence electrons. The average Bonchev–Trinajstić information content (AvgIpc) is 1.69. The number of nitrogens with zero attached hydrogens (tertiary/aromatic N) is 1.